The van der Waals surface area contributed by atoms with E-state index < -0.39 is 9.87 Å². The van der Waals surface area contributed by atoms with Crippen LogP contribution in [0, 0.1) is 5.92 Å². The van der Waals surface area contributed by atoms with Crippen LogP contribution in [0.15, 0.2) is 0 Å². The molecule has 0 aromatic carbocycles. The number of hydrogen-bond acceptors (Lipinski definition) is 3. The molecule has 0 bridgehead atoms. The first-order valence-electron chi connectivity index (χ1n) is 5.84. The fraction of sp³-hybridized carbons (Fsp3) is 0.818. The van der Waals surface area contributed by atoms with Gasteiger partial charge in [-0.3, -0.25) is 9.69 Å². The number of rotatable bonds is 5. The fourth-order valence-corrected chi connectivity index (χ4v) is 3.73. The van der Waals surface area contributed by atoms with E-state index >= 15 is 0 Å². The highest BCUT2D eigenvalue weighted by molar-refractivity contribution is 7.99. The van der Waals surface area contributed by atoms with Gasteiger partial charge < -0.3 is 5.32 Å². The molecule has 18 heavy (non-hydrogen) atoms. The Labute approximate surface area is 121 Å². The van der Waals surface area contributed by atoms with Crippen molar-refractivity contribution in [1.29, 1.82) is 0 Å². The third-order valence-electron chi connectivity index (χ3n) is 3.18. The molecule has 2 fully saturated rings. The summed E-state index contributed by atoms with van der Waals surface area (Å²) in [6, 6.07) is -0.305. The maximum absolute atomic E-state index is 11.9. The number of nitrogens with one attached hydrogen (secondary N) is 1. The smallest absolute Gasteiger partial charge is 0.324 e. The summed E-state index contributed by atoms with van der Waals surface area (Å²) in [6.45, 7) is 3.85. The van der Waals surface area contributed by atoms with Crippen LogP contribution in [-0.2, 0) is 4.79 Å². The fourth-order valence-electron chi connectivity index (χ4n) is 1.85. The van der Waals surface area contributed by atoms with Gasteiger partial charge in [-0.2, -0.15) is 11.8 Å². The SMILES string of the molecule is CC1(C)NC(=O)N(CCSCC2CC2(Cl)Cl)C1=O. The van der Waals surface area contributed by atoms with Crippen LogP contribution in [0.3, 0.4) is 0 Å². The molecule has 7 heteroatoms. The van der Waals surface area contributed by atoms with Crippen molar-refractivity contribution in [3.63, 3.8) is 0 Å². The summed E-state index contributed by atoms with van der Waals surface area (Å²) in [4.78, 5) is 24.7. The van der Waals surface area contributed by atoms with Crippen molar-refractivity contribution < 1.29 is 9.59 Å². The van der Waals surface area contributed by atoms with Gasteiger partial charge in [0.05, 0.1) is 0 Å². The number of alkyl halides is 2. The molecule has 0 aromatic rings. The van der Waals surface area contributed by atoms with E-state index in [9.17, 15) is 9.59 Å². The quantitative estimate of drug-likeness (QED) is 0.481. The summed E-state index contributed by atoms with van der Waals surface area (Å²) in [5.41, 5.74) is -0.778. The average molecular weight is 311 g/mol. The molecule has 1 heterocycles. The number of imide groups is 1. The minimum Gasteiger partial charge on any atom is -0.324 e. The molecule has 4 nitrogen and oxygen atoms in total. The molecule has 102 valence electrons. The Bertz CT molecular complexity index is 387. The average Bonchev–Trinajstić information content (AvgIpc) is 2.78. The van der Waals surface area contributed by atoms with E-state index in [2.05, 4.69) is 5.32 Å². The Morgan fingerprint density at radius 3 is 2.50 bits per heavy atom. The van der Waals surface area contributed by atoms with Gasteiger partial charge in [0.15, 0.2) is 0 Å². The van der Waals surface area contributed by atoms with Crippen molar-refractivity contribution in [2.45, 2.75) is 30.1 Å². The third-order valence-corrected chi connectivity index (χ3v) is 5.21. The van der Waals surface area contributed by atoms with Crippen molar-refractivity contribution in [3.05, 3.63) is 0 Å². The molecule has 1 unspecified atom stereocenters. The van der Waals surface area contributed by atoms with E-state index in [4.69, 9.17) is 23.2 Å². The van der Waals surface area contributed by atoms with Crippen molar-refractivity contribution in [2.75, 3.05) is 18.1 Å². The van der Waals surface area contributed by atoms with Gasteiger partial charge in [0.25, 0.3) is 5.91 Å². The highest BCUT2D eigenvalue weighted by atomic mass is 35.5. The number of halogens is 2. The number of thioether (sulfide) groups is 1. The molecule has 3 amide bonds. The van der Waals surface area contributed by atoms with Crippen LogP contribution in [0.1, 0.15) is 20.3 Å². The number of urea groups is 1. The lowest BCUT2D eigenvalue weighted by Gasteiger charge is -2.15. The zero-order valence-corrected chi connectivity index (χ0v) is 12.7. The Morgan fingerprint density at radius 2 is 2.06 bits per heavy atom. The molecule has 2 aliphatic rings. The van der Waals surface area contributed by atoms with Crippen LogP contribution in [-0.4, -0.2) is 44.8 Å². The summed E-state index contributed by atoms with van der Waals surface area (Å²) in [7, 11) is 0. The topological polar surface area (TPSA) is 49.4 Å². The van der Waals surface area contributed by atoms with Crippen LogP contribution in [0.5, 0.6) is 0 Å². The Hall–Kier alpha value is -0.130. The third kappa shape index (κ3) is 2.89. The van der Waals surface area contributed by atoms with E-state index in [1.165, 1.54) is 4.90 Å². The Morgan fingerprint density at radius 1 is 1.44 bits per heavy atom. The normalized spacial score (nSPS) is 28.4. The van der Waals surface area contributed by atoms with Gasteiger partial charge >= 0.3 is 6.03 Å². The van der Waals surface area contributed by atoms with Crippen LogP contribution in [0.4, 0.5) is 4.79 Å². The maximum atomic E-state index is 11.9. The van der Waals surface area contributed by atoms with E-state index in [1.807, 2.05) is 0 Å². The van der Waals surface area contributed by atoms with Gasteiger partial charge in [0, 0.05) is 18.2 Å². The van der Waals surface area contributed by atoms with Crippen molar-refractivity contribution >= 4 is 46.9 Å². The van der Waals surface area contributed by atoms with E-state index in [1.54, 1.807) is 25.6 Å². The van der Waals surface area contributed by atoms with E-state index in [-0.39, 0.29) is 11.9 Å². The lowest BCUT2D eigenvalue weighted by molar-refractivity contribution is -0.130. The van der Waals surface area contributed by atoms with E-state index in [0.29, 0.717) is 12.5 Å². The van der Waals surface area contributed by atoms with Crippen LogP contribution >= 0.6 is 35.0 Å². The first kappa shape index (κ1) is 14.3. The first-order chi connectivity index (χ1) is 8.24. The summed E-state index contributed by atoms with van der Waals surface area (Å²) in [5, 5.41) is 2.65. The van der Waals surface area contributed by atoms with Crippen molar-refractivity contribution in [1.82, 2.24) is 10.2 Å². The van der Waals surface area contributed by atoms with Gasteiger partial charge in [-0.25, -0.2) is 4.79 Å². The van der Waals surface area contributed by atoms with Crippen molar-refractivity contribution in [3.8, 4) is 0 Å². The summed E-state index contributed by atoms with van der Waals surface area (Å²) in [6.07, 6.45) is 0.833. The van der Waals surface area contributed by atoms with Crippen LogP contribution in [0.2, 0.25) is 0 Å². The molecule has 1 N–H and O–H groups in total. The van der Waals surface area contributed by atoms with Gasteiger partial charge in [-0.05, 0) is 26.0 Å². The van der Waals surface area contributed by atoms with Crippen molar-refractivity contribution in [2.24, 2.45) is 5.92 Å². The standard InChI is InChI=1S/C11H16Cl2N2O2S/c1-10(2)8(16)15(9(17)14-10)3-4-18-6-7-5-11(7,12)13/h7H,3-6H2,1-2H3,(H,14,17). The molecule has 1 saturated heterocycles. The first-order valence-corrected chi connectivity index (χ1v) is 7.75. The molecule has 2 rings (SSSR count). The number of carbonyl (C=O) groups excluding carboxylic acids is 2. The zero-order chi connectivity index (χ0) is 13.6. The lowest BCUT2D eigenvalue weighted by atomic mass is 10.1. The van der Waals surface area contributed by atoms with Crippen LogP contribution in [0.25, 0.3) is 0 Å². The maximum Gasteiger partial charge on any atom is 0.325 e. The van der Waals surface area contributed by atoms with Gasteiger partial charge in [0.1, 0.15) is 9.87 Å². The predicted molar refractivity (Wildman–Crippen MR) is 74.2 cm³/mol. The zero-order valence-electron chi connectivity index (χ0n) is 10.3. The number of hydrogen-bond donors (Lipinski definition) is 1. The number of amides is 3. The highest BCUT2D eigenvalue weighted by Crippen LogP contribution is 2.54. The molecule has 1 saturated carbocycles. The summed E-state index contributed by atoms with van der Waals surface area (Å²) >= 11 is 13.5. The highest BCUT2D eigenvalue weighted by Gasteiger charge is 2.51. The number of nitrogens with zero attached hydrogens (tertiary/aromatic N) is 1. The molecule has 0 radical (unpaired) electrons. The molecular formula is C11H16Cl2N2O2S. The minimum absolute atomic E-state index is 0.163. The second-order valence-corrected chi connectivity index (χ2v) is 7.94. The Kier molecular flexibility index (Phi) is 3.78. The molecule has 1 aliphatic carbocycles. The van der Waals surface area contributed by atoms with E-state index in [0.717, 1.165) is 17.9 Å². The molecular weight excluding hydrogens is 295 g/mol. The second kappa shape index (κ2) is 4.76. The molecule has 1 atom stereocenters. The lowest BCUT2D eigenvalue weighted by Crippen LogP contribution is -2.40. The molecule has 1 aliphatic heterocycles. The van der Waals surface area contributed by atoms with Crippen LogP contribution < -0.4 is 5.32 Å². The predicted octanol–water partition coefficient (Wildman–Crippen LogP) is 2.24. The van der Waals surface area contributed by atoms with Gasteiger partial charge in [-0.1, -0.05) is 0 Å². The summed E-state index contributed by atoms with van der Waals surface area (Å²) in [5.74, 6) is 1.77. The molecule has 0 spiro atoms. The molecule has 0 aromatic heterocycles. The van der Waals surface area contributed by atoms with Gasteiger partial charge in [0.2, 0.25) is 0 Å². The largest absolute Gasteiger partial charge is 0.325 e. The Balaban J connectivity index is 1.71. The summed E-state index contributed by atoms with van der Waals surface area (Å²) < 4.78 is -0.546. The number of carbonyl (C=O) groups is 2. The second-order valence-electron chi connectivity index (χ2n) is 5.25. The van der Waals surface area contributed by atoms with Gasteiger partial charge in [-0.15, -0.1) is 23.2 Å². The monoisotopic (exact) mass is 310 g/mol. The minimum atomic E-state index is -0.778.